The first kappa shape index (κ1) is 19.4. The number of carboxylic acids is 1. The summed E-state index contributed by atoms with van der Waals surface area (Å²) in [6.45, 7) is 1.93. The number of aromatic nitrogens is 1. The Kier molecular flexibility index (Phi) is 5.89. The van der Waals surface area contributed by atoms with Crippen molar-refractivity contribution in [3.8, 4) is 0 Å². The number of H-pyrrole nitrogens is 1. The Morgan fingerprint density at radius 1 is 1.04 bits per heavy atom. The predicted molar refractivity (Wildman–Crippen MR) is 106 cm³/mol. The van der Waals surface area contributed by atoms with Crippen molar-refractivity contribution in [2.45, 2.75) is 32.2 Å². The molecule has 0 radical (unpaired) electrons. The number of ketones is 1. The van der Waals surface area contributed by atoms with Gasteiger partial charge in [0.25, 0.3) is 0 Å². The van der Waals surface area contributed by atoms with Gasteiger partial charge in [-0.2, -0.15) is 0 Å². The fraction of sp³-hybridized carbons (Fsp3) is 0.227. The average Bonchev–Trinajstić information content (AvgIpc) is 3.09. The molecule has 1 unspecified atom stereocenters. The maximum atomic E-state index is 12.2. The van der Waals surface area contributed by atoms with Crippen LogP contribution in [0.3, 0.4) is 0 Å². The zero-order valence-electron chi connectivity index (χ0n) is 15.6. The highest BCUT2D eigenvalue weighted by molar-refractivity contribution is 5.98. The van der Waals surface area contributed by atoms with Gasteiger partial charge in [0.1, 0.15) is 6.04 Å². The molecule has 1 amide bonds. The van der Waals surface area contributed by atoms with E-state index in [1.165, 1.54) is 0 Å². The van der Waals surface area contributed by atoms with E-state index < -0.39 is 17.9 Å². The molecule has 0 aliphatic carbocycles. The van der Waals surface area contributed by atoms with Crippen LogP contribution >= 0.6 is 0 Å². The number of nitrogens with one attached hydrogen (secondary N) is 2. The fourth-order valence-electron chi connectivity index (χ4n) is 3.10. The molecule has 3 rings (SSSR count). The van der Waals surface area contributed by atoms with E-state index in [4.69, 9.17) is 0 Å². The van der Waals surface area contributed by atoms with Crippen LogP contribution in [0.15, 0.2) is 54.7 Å². The molecule has 6 nitrogen and oxygen atoms in total. The second-order valence-electron chi connectivity index (χ2n) is 6.81. The van der Waals surface area contributed by atoms with Gasteiger partial charge in [0.05, 0.1) is 0 Å². The fourth-order valence-corrected chi connectivity index (χ4v) is 3.10. The normalized spacial score (nSPS) is 11.9. The van der Waals surface area contributed by atoms with Crippen molar-refractivity contribution in [3.05, 3.63) is 71.4 Å². The van der Waals surface area contributed by atoms with Crippen molar-refractivity contribution >= 4 is 28.6 Å². The first-order chi connectivity index (χ1) is 13.4. The third kappa shape index (κ3) is 4.65. The lowest BCUT2D eigenvalue weighted by molar-refractivity contribution is -0.141. The Bertz CT molecular complexity index is 1000. The topological polar surface area (TPSA) is 99.3 Å². The summed E-state index contributed by atoms with van der Waals surface area (Å²) in [6, 6.07) is 13.7. The third-order valence-corrected chi connectivity index (χ3v) is 4.68. The summed E-state index contributed by atoms with van der Waals surface area (Å²) in [4.78, 5) is 39.1. The number of Topliss-reactive ketones (excluding diaryl/α,β-unsaturated/α-hetero) is 1. The number of aromatic amines is 1. The van der Waals surface area contributed by atoms with E-state index in [2.05, 4.69) is 10.3 Å². The van der Waals surface area contributed by atoms with Crippen molar-refractivity contribution in [2.75, 3.05) is 0 Å². The van der Waals surface area contributed by atoms with Crippen LogP contribution in [-0.2, 0) is 16.0 Å². The van der Waals surface area contributed by atoms with Gasteiger partial charge < -0.3 is 15.4 Å². The smallest absolute Gasteiger partial charge is 0.326 e. The number of amides is 1. The van der Waals surface area contributed by atoms with Crippen LogP contribution < -0.4 is 5.32 Å². The molecule has 0 saturated heterocycles. The molecule has 0 aliphatic rings. The summed E-state index contributed by atoms with van der Waals surface area (Å²) >= 11 is 0. The summed E-state index contributed by atoms with van der Waals surface area (Å²) in [7, 11) is 0. The Hall–Kier alpha value is -3.41. The molecular weight excluding hydrogens is 356 g/mol. The summed E-state index contributed by atoms with van der Waals surface area (Å²) in [6.07, 6.45) is 1.91. The number of aryl methyl sites for hydroxylation is 1. The van der Waals surface area contributed by atoms with Crippen LogP contribution in [0.1, 0.15) is 34.3 Å². The van der Waals surface area contributed by atoms with Crippen LogP contribution in [0.5, 0.6) is 0 Å². The van der Waals surface area contributed by atoms with Gasteiger partial charge in [-0.25, -0.2) is 4.79 Å². The van der Waals surface area contributed by atoms with Crippen LogP contribution in [0.2, 0.25) is 0 Å². The summed E-state index contributed by atoms with van der Waals surface area (Å²) in [5.41, 5.74) is 3.33. The molecule has 144 valence electrons. The van der Waals surface area contributed by atoms with Gasteiger partial charge >= 0.3 is 5.97 Å². The largest absolute Gasteiger partial charge is 0.480 e. The van der Waals surface area contributed by atoms with Crippen molar-refractivity contribution < 1.29 is 19.5 Å². The summed E-state index contributed by atoms with van der Waals surface area (Å²) in [5, 5.41) is 12.9. The van der Waals surface area contributed by atoms with E-state index in [1.54, 1.807) is 18.3 Å². The van der Waals surface area contributed by atoms with Crippen LogP contribution in [0.25, 0.3) is 10.9 Å². The van der Waals surface area contributed by atoms with E-state index in [9.17, 15) is 19.5 Å². The van der Waals surface area contributed by atoms with Crippen LogP contribution in [-0.4, -0.2) is 33.8 Å². The highest BCUT2D eigenvalue weighted by atomic mass is 16.4. The van der Waals surface area contributed by atoms with Crippen molar-refractivity contribution in [1.29, 1.82) is 0 Å². The predicted octanol–water partition coefficient (Wildman–Crippen LogP) is 3.25. The first-order valence-corrected chi connectivity index (χ1v) is 9.11. The van der Waals surface area contributed by atoms with Gasteiger partial charge in [-0.3, -0.25) is 9.59 Å². The number of fused-ring (bicyclic) bond motifs is 1. The first-order valence-electron chi connectivity index (χ1n) is 9.11. The minimum atomic E-state index is -1.11. The quantitative estimate of drug-likeness (QED) is 0.524. The van der Waals surface area contributed by atoms with E-state index in [-0.39, 0.29) is 25.0 Å². The molecule has 1 atom stereocenters. The zero-order valence-corrected chi connectivity index (χ0v) is 15.6. The number of aliphatic carboxylic acids is 1. The monoisotopic (exact) mass is 378 g/mol. The number of para-hydroxylation sites is 1. The molecule has 1 heterocycles. The molecular formula is C22H22N2O4. The number of carboxylic acid groups (broad SMARTS) is 1. The van der Waals surface area contributed by atoms with E-state index in [0.717, 1.165) is 22.0 Å². The molecule has 1 aromatic heterocycles. The van der Waals surface area contributed by atoms with E-state index in [1.807, 2.05) is 43.3 Å². The lowest BCUT2D eigenvalue weighted by Crippen LogP contribution is -2.42. The van der Waals surface area contributed by atoms with Gasteiger partial charge in [-0.15, -0.1) is 0 Å². The number of hydrogen-bond acceptors (Lipinski definition) is 3. The molecule has 0 fully saturated rings. The minimum absolute atomic E-state index is 0.0360. The Balaban J connectivity index is 1.59. The second-order valence-corrected chi connectivity index (χ2v) is 6.81. The molecule has 3 N–H and O–H groups in total. The zero-order chi connectivity index (χ0) is 20.1. The maximum Gasteiger partial charge on any atom is 0.326 e. The lowest BCUT2D eigenvalue weighted by atomic mass is 10.0. The minimum Gasteiger partial charge on any atom is -0.480 e. The van der Waals surface area contributed by atoms with E-state index in [0.29, 0.717) is 5.56 Å². The van der Waals surface area contributed by atoms with Crippen molar-refractivity contribution in [2.24, 2.45) is 0 Å². The maximum absolute atomic E-state index is 12.2. The molecule has 0 saturated carbocycles. The SMILES string of the molecule is Cc1ccc(C(=O)CCC(=O)NC(Cc2c[nH]c3ccccc23)C(=O)O)cc1. The molecule has 0 bridgehead atoms. The van der Waals surface area contributed by atoms with Gasteiger partial charge in [0.2, 0.25) is 5.91 Å². The molecule has 2 aromatic carbocycles. The molecule has 3 aromatic rings. The van der Waals surface area contributed by atoms with Gasteiger partial charge in [0, 0.05) is 41.9 Å². The Morgan fingerprint density at radius 3 is 2.46 bits per heavy atom. The van der Waals surface area contributed by atoms with E-state index >= 15 is 0 Å². The van der Waals surface area contributed by atoms with Gasteiger partial charge in [0.15, 0.2) is 5.78 Å². The van der Waals surface area contributed by atoms with Crippen LogP contribution in [0.4, 0.5) is 0 Å². The molecule has 28 heavy (non-hydrogen) atoms. The Labute approximate surface area is 162 Å². The third-order valence-electron chi connectivity index (χ3n) is 4.68. The number of carbonyl (C=O) groups excluding carboxylic acids is 2. The highest BCUT2D eigenvalue weighted by Crippen LogP contribution is 2.19. The molecule has 6 heteroatoms. The summed E-state index contributed by atoms with van der Waals surface area (Å²) < 4.78 is 0. The lowest BCUT2D eigenvalue weighted by Gasteiger charge is -2.14. The standard InChI is InChI=1S/C22H22N2O4/c1-14-6-8-15(9-7-14)20(25)10-11-21(26)24-19(22(27)28)12-16-13-23-18-5-3-2-4-17(16)18/h2-9,13,19,23H,10-12H2,1H3,(H,24,26)(H,27,28). The average molecular weight is 378 g/mol. The Morgan fingerprint density at radius 2 is 1.75 bits per heavy atom. The molecule has 0 aliphatic heterocycles. The van der Waals surface area contributed by atoms with Gasteiger partial charge in [-0.1, -0.05) is 48.0 Å². The van der Waals surface area contributed by atoms with Crippen LogP contribution in [0, 0.1) is 6.92 Å². The van der Waals surface area contributed by atoms with Gasteiger partial charge in [-0.05, 0) is 18.6 Å². The number of benzene rings is 2. The second kappa shape index (κ2) is 8.52. The van der Waals surface area contributed by atoms with Crippen molar-refractivity contribution in [1.82, 2.24) is 10.3 Å². The number of hydrogen-bond donors (Lipinski definition) is 3. The highest BCUT2D eigenvalue weighted by Gasteiger charge is 2.22. The molecule has 0 spiro atoms. The summed E-state index contributed by atoms with van der Waals surface area (Å²) in [5.74, 6) is -1.70. The number of rotatable bonds is 8. The number of carbonyl (C=O) groups is 3. The van der Waals surface area contributed by atoms with Crippen molar-refractivity contribution in [3.63, 3.8) is 0 Å².